The first kappa shape index (κ1) is 68.6. The van der Waals surface area contributed by atoms with Crippen LogP contribution in [0.15, 0.2) is 110 Å². The van der Waals surface area contributed by atoms with Gasteiger partial charge in [-0.25, -0.2) is 4.98 Å². The third kappa shape index (κ3) is 19.1. The molecule has 2 aliphatic carbocycles. The molecule has 3 atom stereocenters. The van der Waals surface area contributed by atoms with Crippen molar-refractivity contribution in [2.75, 3.05) is 46.9 Å². The largest absolute Gasteiger partial charge is 0.497 e. The van der Waals surface area contributed by atoms with Crippen molar-refractivity contribution in [1.82, 2.24) is 40.5 Å². The minimum absolute atomic E-state index is 0.00970. The van der Waals surface area contributed by atoms with Gasteiger partial charge >= 0.3 is 5.97 Å². The van der Waals surface area contributed by atoms with Gasteiger partial charge < -0.3 is 45.8 Å². The Labute approximate surface area is 528 Å². The van der Waals surface area contributed by atoms with E-state index >= 15 is 0 Å². The number of benzene rings is 4. The highest BCUT2D eigenvalue weighted by Crippen LogP contribution is 2.48. The Kier molecular flexibility index (Phi) is 27.5. The van der Waals surface area contributed by atoms with E-state index in [4.69, 9.17) is 26.8 Å². The predicted octanol–water partition coefficient (Wildman–Crippen LogP) is 10.1. The fraction of sp³-hybridized carbons (Fsp3) is 0.535. The average molecular weight is 1220 g/mol. The van der Waals surface area contributed by atoms with Gasteiger partial charge in [-0.1, -0.05) is 129 Å². The molecule has 16 nitrogen and oxygen atoms in total. The Hall–Kier alpha value is -6.90. The number of hydrogen-bond acceptors (Lipinski definition) is 12. The van der Waals surface area contributed by atoms with Crippen LogP contribution in [0.1, 0.15) is 143 Å². The SMILES string of the molecule is C#C.CCOC(=O)C1(C2CCCCCC2)CCN(C(=O)C(Cc2ccc(Cl)cc2)NC)CC1.COc1ccc(CC(NC(=O)CCc2ccccc2CN)C(=O)N2CCC(Cn3cncn3)(C3CCCCC3)CC2)cc1.O=CC1Cc2ccccc2CN1. The van der Waals surface area contributed by atoms with Gasteiger partial charge in [0.25, 0.3) is 0 Å². The Morgan fingerprint density at radius 3 is 1.89 bits per heavy atom. The van der Waals surface area contributed by atoms with Crippen molar-refractivity contribution in [2.45, 2.75) is 173 Å². The maximum absolute atomic E-state index is 14.1. The minimum atomic E-state index is -0.636. The molecular formula is C71H96ClN9O7. The zero-order valence-electron chi connectivity index (χ0n) is 52.4. The molecule has 5 aliphatic rings. The lowest BCUT2D eigenvalue weighted by Crippen LogP contribution is -2.54. The first-order chi connectivity index (χ1) is 42.9. The third-order valence-corrected chi connectivity index (χ3v) is 19.5. The number of carbonyl (C=O) groups is 5. The maximum atomic E-state index is 14.1. The molecule has 0 spiro atoms. The summed E-state index contributed by atoms with van der Waals surface area (Å²) in [5, 5.41) is 14.6. The summed E-state index contributed by atoms with van der Waals surface area (Å²) < 4.78 is 12.9. The number of aromatic nitrogens is 3. The van der Waals surface area contributed by atoms with E-state index in [2.05, 4.69) is 51.0 Å². The molecular weight excluding hydrogens is 1130 g/mol. The summed E-state index contributed by atoms with van der Waals surface area (Å²) in [6, 6.07) is 30.6. The topological polar surface area (TPSA) is 203 Å². The number of likely N-dealkylation sites (N-methyl/N-ethyl adjacent to an activating group) is 1. The summed E-state index contributed by atoms with van der Waals surface area (Å²) in [6.07, 6.45) is 31.9. The molecule has 17 heteroatoms. The zero-order chi connectivity index (χ0) is 62.7. The smallest absolute Gasteiger partial charge is 0.312 e. The molecule has 0 radical (unpaired) electrons. The number of methoxy groups -OCH3 is 1. The molecule has 88 heavy (non-hydrogen) atoms. The first-order valence-electron chi connectivity index (χ1n) is 32.2. The van der Waals surface area contributed by atoms with Gasteiger partial charge in [0, 0.05) is 63.7 Å². The average Bonchev–Trinajstić information content (AvgIpc) is 2.63. The van der Waals surface area contributed by atoms with E-state index < -0.39 is 11.5 Å². The Morgan fingerprint density at radius 1 is 0.750 bits per heavy atom. The van der Waals surface area contributed by atoms with Crippen LogP contribution in [0.25, 0.3) is 0 Å². The van der Waals surface area contributed by atoms with E-state index in [1.807, 2.05) is 120 Å². The van der Waals surface area contributed by atoms with E-state index in [1.165, 1.54) is 68.9 Å². The molecule has 0 bridgehead atoms. The van der Waals surface area contributed by atoms with Crippen molar-refractivity contribution in [2.24, 2.45) is 28.4 Å². The summed E-state index contributed by atoms with van der Waals surface area (Å²) in [5.41, 5.74) is 12.4. The second kappa shape index (κ2) is 35.3. The van der Waals surface area contributed by atoms with Crippen LogP contribution in [-0.2, 0) is 74.0 Å². The number of terminal acetylenes is 1. The summed E-state index contributed by atoms with van der Waals surface area (Å²) in [4.78, 5) is 72.3. The summed E-state index contributed by atoms with van der Waals surface area (Å²) >= 11 is 5.99. The number of aldehydes is 1. The van der Waals surface area contributed by atoms with Crippen molar-refractivity contribution in [3.05, 3.63) is 148 Å². The summed E-state index contributed by atoms with van der Waals surface area (Å²) in [5.74, 6) is 1.70. The van der Waals surface area contributed by atoms with Crippen LogP contribution < -0.4 is 26.4 Å². The van der Waals surface area contributed by atoms with Gasteiger partial charge in [0.15, 0.2) is 0 Å². The molecule has 5 N–H and O–H groups in total. The number of ether oxygens (including phenoxy) is 2. The number of hydrogen-bond donors (Lipinski definition) is 4. The molecule has 10 rings (SSSR count). The number of likely N-dealkylation sites (tertiary alicyclic amines) is 2. The number of esters is 1. The molecule has 2 saturated carbocycles. The Morgan fingerprint density at radius 2 is 1.31 bits per heavy atom. The highest BCUT2D eigenvalue weighted by molar-refractivity contribution is 6.30. The second-order valence-corrected chi connectivity index (χ2v) is 24.9. The van der Waals surface area contributed by atoms with Crippen LogP contribution >= 0.6 is 11.6 Å². The van der Waals surface area contributed by atoms with Crippen molar-refractivity contribution >= 4 is 41.6 Å². The van der Waals surface area contributed by atoms with E-state index in [-0.39, 0.29) is 41.2 Å². The van der Waals surface area contributed by atoms with Crippen molar-refractivity contribution in [3.8, 4) is 18.6 Å². The van der Waals surface area contributed by atoms with Gasteiger partial charge in [-0.2, -0.15) is 5.10 Å². The Balaban J connectivity index is 0.000000212. The van der Waals surface area contributed by atoms with Gasteiger partial charge in [0.1, 0.15) is 30.7 Å². The van der Waals surface area contributed by atoms with Crippen LogP contribution in [0.2, 0.25) is 5.02 Å². The lowest BCUT2D eigenvalue weighted by Gasteiger charge is -2.48. The number of aryl methyl sites for hydroxylation is 1. The van der Waals surface area contributed by atoms with Crippen LogP contribution in [0.4, 0.5) is 0 Å². The number of halogens is 1. The molecule has 3 unspecified atom stereocenters. The quantitative estimate of drug-likeness (QED) is 0.0249. The van der Waals surface area contributed by atoms with E-state index in [1.54, 1.807) is 13.4 Å². The van der Waals surface area contributed by atoms with Gasteiger partial charge in [0.05, 0.1) is 31.2 Å². The number of rotatable bonds is 20. The molecule has 2 saturated heterocycles. The summed E-state index contributed by atoms with van der Waals surface area (Å²) in [6.45, 7) is 7.00. The van der Waals surface area contributed by atoms with Gasteiger partial charge in [-0.15, -0.1) is 12.8 Å². The van der Waals surface area contributed by atoms with Crippen LogP contribution in [0.5, 0.6) is 5.75 Å². The van der Waals surface area contributed by atoms with Crippen molar-refractivity contribution < 1.29 is 33.4 Å². The van der Waals surface area contributed by atoms with Gasteiger partial charge in [0.2, 0.25) is 17.7 Å². The lowest BCUT2D eigenvalue weighted by molar-refractivity contribution is -0.165. The zero-order valence-corrected chi connectivity index (χ0v) is 53.1. The number of carbonyl (C=O) groups excluding carboxylic acids is 5. The lowest BCUT2D eigenvalue weighted by atomic mass is 9.63. The fourth-order valence-electron chi connectivity index (χ4n) is 14.1. The standard InChI is InChI=1S/C34H46N6O3.C25H37ClN2O3.C10H11NO.C2H2/c1-43-30-14-11-26(12-15-30)21-31(38-32(41)16-13-27-7-5-6-8-28(27)22-35)33(42)39-19-17-34(18-20-39,23-40-25-36-24-37-40)29-9-3-2-4-10-29;1-3-31-24(30)25(20-8-6-4-5-7-9-20)14-16-28(17-15-25)23(29)22(27-2)18-19-10-12-21(26)13-11-19;12-7-10-5-8-3-1-2-4-9(8)6-11-10;1-2/h5-8,11-12,14-15,24-25,29,31H,2-4,9-10,13,16-23,35H2,1H3,(H,38,41);10-13,20,22,27H,3-9,14-18H2,1-2H3;1-4,7,10-11H,5-6H2;1-2H. The van der Waals surface area contributed by atoms with E-state index in [0.29, 0.717) is 94.7 Å². The monoisotopic (exact) mass is 1220 g/mol. The molecule has 3 aliphatic heterocycles. The van der Waals surface area contributed by atoms with Crippen molar-refractivity contribution in [1.29, 1.82) is 0 Å². The third-order valence-electron chi connectivity index (χ3n) is 19.2. The molecule has 3 amide bonds. The molecule has 4 heterocycles. The number of piperidine rings is 2. The Bertz CT molecular complexity index is 2940. The number of fused-ring (bicyclic) bond motifs is 1. The fourth-order valence-corrected chi connectivity index (χ4v) is 14.3. The number of nitrogens with zero attached hydrogens (tertiary/aromatic N) is 5. The van der Waals surface area contributed by atoms with E-state index in [0.717, 1.165) is 79.5 Å². The first-order valence-corrected chi connectivity index (χ1v) is 32.5. The highest BCUT2D eigenvalue weighted by Gasteiger charge is 2.49. The molecule has 4 aromatic carbocycles. The molecule has 1 aromatic heterocycles. The summed E-state index contributed by atoms with van der Waals surface area (Å²) in [7, 11) is 3.47. The highest BCUT2D eigenvalue weighted by atomic mass is 35.5. The van der Waals surface area contributed by atoms with Crippen LogP contribution in [-0.4, -0.2) is 120 Å². The predicted molar refractivity (Wildman–Crippen MR) is 347 cm³/mol. The molecule has 5 aromatic rings. The van der Waals surface area contributed by atoms with Gasteiger partial charge in [-0.3, -0.25) is 23.9 Å². The molecule has 4 fully saturated rings. The maximum Gasteiger partial charge on any atom is 0.312 e. The molecule has 474 valence electrons. The van der Waals surface area contributed by atoms with Gasteiger partial charge in [-0.05, 0) is 159 Å². The van der Waals surface area contributed by atoms with Crippen molar-refractivity contribution in [3.63, 3.8) is 0 Å². The number of nitrogens with one attached hydrogen (secondary N) is 3. The minimum Gasteiger partial charge on any atom is -0.497 e. The second-order valence-electron chi connectivity index (χ2n) is 24.4. The number of nitrogens with two attached hydrogens (primary N) is 1. The van der Waals surface area contributed by atoms with Crippen LogP contribution in [0, 0.1) is 35.5 Å². The van der Waals surface area contributed by atoms with E-state index in [9.17, 15) is 24.0 Å². The normalized spacial score (nSPS) is 18.9. The van der Waals surface area contributed by atoms with Crippen LogP contribution in [0.3, 0.4) is 0 Å². The number of amides is 3.